The molecule has 0 saturated heterocycles. The fourth-order valence-electron chi connectivity index (χ4n) is 7.08. The van der Waals surface area contributed by atoms with Crippen molar-refractivity contribution in [3.63, 3.8) is 0 Å². The summed E-state index contributed by atoms with van der Waals surface area (Å²) in [6, 6.07) is 9.76. The Hall–Kier alpha value is -1.08. The Morgan fingerprint density at radius 2 is 1.22 bits per heavy atom. The van der Waals surface area contributed by atoms with Crippen LogP contribution in [0.2, 0.25) is 0 Å². The number of rotatable bonds is 19. The van der Waals surface area contributed by atoms with Crippen molar-refractivity contribution in [2.45, 2.75) is 169 Å². The van der Waals surface area contributed by atoms with Gasteiger partial charge in [-0.2, -0.15) is 0 Å². The second-order valence-corrected chi connectivity index (χ2v) is 13.7. The fourth-order valence-corrected chi connectivity index (χ4v) is 7.08. The third-order valence-corrected chi connectivity index (χ3v) is 9.07. The predicted octanol–water partition coefficient (Wildman–Crippen LogP) is 11.6. The summed E-state index contributed by atoms with van der Waals surface area (Å²) < 4.78 is 0. The molecule has 1 aliphatic carbocycles. The van der Waals surface area contributed by atoms with Crippen LogP contribution in [-0.2, 0) is 0 Å². The summed E-state index contributed by atoms with van der Waals surface area (Å²) in [5, 5.41) is 0. The van der Waals surface area contributed by atoms with E-state index in [9.17, 15) is 0 Å². The van der Waals surface area contributed by atoms with Crippen molar-refractivity contribution < 1.29 is 0 Å². The summed E-state index contributed by atoms with van der Waals surface area (Å²) in [5.74, 6) is 0.511. The lowest BCUT2D eigenvalue weighted by molar-refractivity contribution is -0.000253. The van der Waals surface area contributed by atoms with Crippen molar-refractivity contribution in [1.82, 2.24) is 4.90 Å². The van der Waals surface area contributed by atoms with Gasteiger partial charge in [-0.15, -0.1) is 0 Å². The van der Waals surface area contributed by atoms with Crippen LogP contribution in [-0.4, -0.2) is 23.0 Å². The molecule has 0 saturated carbocycles. The maximum atomic E-state index is 2.93. The molecule has 0 bridgehead atoms. The molecule has 0 N–H and O–H groups in total. The lowest BCUT2D eigenvalue weighted by Gasteiger charge is -2.51. The maximum Gasteiger partial charge on any atom is 0.0160 e. The van der Waals surface area contributed by atoms with Crippen LogP contribution in [0.3, 0.4) is 0 Å². The first-order valence-corrected chi connectivity index (χ1v) is 16.2. The third kappa shape index (κ3) is 9.87. The number of allylic oxidation sites excluding steroid dienone is 1. The monoisotopic (exact) mass is 509 g/mol. The van der Waals surface area contributed by atoms with Crippen LogP contribution in [0.4, 0.5) is 0 Å². The van der Waals surface area contributed by atoms with Gasteiger partial charge >= 0.3 is 0 Å². The summed E-state index contributed by atoms with van der Waals surface area (Å²) in [6.07, 6.45) is 23.2. The molecule has 2 unspecified atom stereocenters. The smallest absolute Gasteiger partial charge is 0.0160 e. The number of benzene rings is 1. The minimum atomic E-state index is 0.182. The first-order chi connectivity index (χ1) is 17.6. The van der Waals surface area contributed by atoms with E-state index in [0.717, 1.165) is 0 Å². The average Bonchev–Trinajstić information content (AvgIpc) is 3.19. The van der Waals surface area contributed by atoms with Gasteiger partial charge in [0.05, 0.1) is 0 Å². The van der Waals surface area contributed by atoms with Gasteiger partial charge in [-0.05, 0) is 63.6 Å². The molecule has 0 amide bonds. The zero-order valence-electron chi connectivity index (χ0n) is 26.3. The standard InChI is InChI=1S/C36H63N/c1-9-11-13-15-17-18-20-24-28-37(35(4,5)6)33(27-21-19-16-14-12-10-2)36(7,8)34-30(3)29-31-25-22-23-26-32(31)34/h22-23,25-26,29,33-34H,9-21,24,27-28H2,1-8H3. The highest BCUT2D eigenvalue weighted by atomic mass is 15.2. The van der Waals surface area contributed by atoms with E-state index in [4.69, 9.17) is 0 Å². The molecule has 1 nitrogen and oxygen atoms in total. The molecule has 212 valence electrons. The predicted molar refractivity (Wildman–Crippen MR) is 167 cm³/mol. The highest BCUT2D eigenvalue weighted by Crippen LogP contribution is 2.51. The summed E-state index contributed by atoms with van der Waals surface area (Å²) >= 11 is 0. The van der Waals surface area contributed by atoms with Crippen LogP contribution in [0.1, 0.15) is 169 Å². The number of unbranched alkanes of at least 4 members (excludes halogenated alkanes) is 12. The first-order valence-electron chi connectivity index (χ1n) is 16.2. The highest BCUT2D eigenvalue weighted by molar-refractivity contribution is 5.66. The van der Waals surface area contributed by atoms with Gasteiger partial charge in [0, 0.05) is 17.5 Å². The van der Waals surface area contributed by atoms with Crippen molar-refractivity contribution in [1.29, 1.82) is 0 Å². The van der Waals surface area contributed by atoms with E-state index < -0.39 is 0 Å². The number of hydrogen-bond donors (Lipinski definition) is 0. The second-order valence-electron chi connectivity index (χ2n) is 13.7. The van der Waals surface area contributed by atoms with Gasteiger partial charge < -0.3 is 0 Å². The zero-order chi connectivity index (χ0) is 27.3. The molecule has 1 aromatic rings. The molecule has 0 aromatic heterocycles. The minimum absolute atomic E-state index is 0.182. The Balaban J connectivity index is 2.17. The normalized spacial score (nSPS) is 16.8. The van der Waals surface area contributed by atoms with E-state index in [1.54, 1.807) is 11.1 Å². The molecule has 2 rings (SSSR count). The van der Waals surface area contributed by atoms with Crippen molar-refractivity contribution >= 4 is 6.08 Å². The minimum Gasteiger partial charge on any atom is -0.295 e. The van der Waals surface area contributed by atoms with Crippen LogP contribution in [0.25, 0.3) is 6.08 Å². The van der Waals surface area contributed by atoms with E-state index >= 15 is 0 Å². The van der Waals surface area contributed by atoms with Gasteiger partial charge in [-0.25, -0.2) is 0 Å². The molecule has 2 atom stereocenters. The molecule has 37 heavy (non-hydrogen) atoms. The van der Waals surface area contributed by atoms with Gasteiger partial charge in [0.15, 0.2) is 0 Å². The lowest BCUT2D eigenvalue weighted by Crippen LogP contribution is -2.55. The van der Waals surface area contributed by atoms with E-state index in [0.29, 0.717) is 12.0 Å². The van der Waals surface area contributed by atoms with Gasteiger partial charge in [-0.1, -0.05) is 147 Å². The SMILES string of the molecule is CCCCCCCCCCN(C(CCCCCCCC)C(C)(C)C1C(C)=Cc2ccccc21)C(C)(C)C. The van der Waals surface area contributed by atoms with E-state index in [-0.39, 0.29) is 11.0 Å². The average molecular weight is 510 g/mol. The van der Waals surface area contributed by atoms with Crippen LogP contribution >= 0.6 is 0 Å². The summed E-state index contributed by atoms with van der Waals surface area (Å²) in [4.78, 5) is 2.93. The molecular weight excluding hydrogens is 446 g/mol. The van der Waals surface area contributed by atoms with Gasteiger partial charge in [0.2, 0.25) is 0 Å². The fraction of sp³-hybridized carbons (Fsp3) is 0.778. The van der Waals surface area contributed by atoms with Gasteiger partial charge in [0.1, 0.15) is 0 Å². The second kappa shape index (κ2) is 16.1. The Morgan fingerprint density at radius 1 is 0.703 bits per heavy atom. The van der Waals surface area contributed by atoms with Gasteiger partial charge in [0.25, 0.3) is 0 Å². The van der Waals surface area contributed by atoms with Crippen LogP contribution < -0.4 is 0 Å². The van der Waals surface area contributed by atoms with E-state index in [2.05, 4.69) is 90.6 Å². The Bertz CT molecular complexity index is 780. The number of nitrogens with zero attached hydrogens (tertiary/aromatic N) is 1. The lowest BCUT2D eigenvalue weighted by atomic mass is 9.66. The van der Waals surface area contributed by atoms with Crippen molar-refractivity contribution in [3.05, 3.63) is 41.0 Å². The van der Waals surface area contributed by atoms with E-state index in [1.807, 2.05) is 0 Å². The number of fused-ring (bicyclic) bond motifs is 1. The van der Waals surface area contributed by atoms with Crippen LogP contribution in [0.5, 0.6) is 0 Å². The quantitative estimate of drug-likeness (QED) is 0.168. The summed E-state index contributed by atoms with van der Waals surface area (Å²) in [5.41, 5.74) is 4.92. The highest BCUT2D eigenvalue weighted by Gasteiger charge is 2.45. The Kier molecular flexibility index (Phi) is 14.0. The zero-order valence-corrected chi connectivity index (χ0v) is 26.3. The van der Waals surface area contributed by atoms with E-state index in [1.165, 1.54) is 108 Å². The molecule has 0 aliphatic heterocycles. The molecule has 1 aromatic carbocycles. The van der Waals surface area contributed by atoms with Crippen LogP contribution in [0, 0.1) is 5.41 Å². The van der Waals surface area contributed by atoms with Gasteiger partial charge in [-0.3, -0.25) is 4.90 Å². The largest absolute Gasteiger partial charge is 0.295 e. The van der Waals surface area contributed by atoms with Crippen molar-refractivity contribution in [2.75, 3.05) is 6.54 Å². The van der Waals surface area contributed by atoms with Crippen molar-refractivity contribution in [2.24, 2.45) is 5.41 Å². The molecule has 0 fully saturated rings. The first kappa shape index (κ1) is 32.1. The molecule has 0 spiro atoms. The Morgan fingerprint density at radius 3 is 1.78 bits per heavy atom. The molecule has 1 heteroatoms. The maximum absolute atomic E-state index is 2.93. The molecule has 0 radical (unpaired) electrons. The molecular formula is C36H63N. The Labute approximate surface area is 232 Å². The molecule has 1 aliphatic rings. The van der Waals surface area contributed by atoms with Crippen LogP contribution in [0.15, 0.2) is 29.8 Å². The topological polar surface area (TPSA) is 3.24 Å². The van der Waals surface area contributed by atoms with Crippen molar-refractivity contribution in [3.8, 4) is 0 Å². The molecule has 0 heterocycles. The third-order valence-electron chi connectivity index (χ3n) is 9.07. The number of hydrogen-bond acceptors (Lipinski definition) is 1. The summed E-state index contributed by atoms with van der Waals surface area (Å²) in [7, 11) is 0. The summed E-state index contributed by atoms with van der Waals surface area (Å²) in [6.45, 7) is 20.8.